The van der Waals surface area contributed by atoms with Crippen LogP contribution in [0.3, 0.4) is 0 Å². The van der Waals surface area contributed by atoms with Gasteiger partial charge in [0.2, 0.25) is 0 Å². The minimum absolute atomic E-state index is 0.247. The fourth-order valence-corrected chi connectivity index (χ4v) is 0.850. The third-order valence-electron chi connectivity index (χ3n) is 0.308. The molecule has 0 saturated carbocycles. The van der Waals surface area contributed by atoms with E-state index in [1.54, 1.807) is 0 Å². The molecule has 0 aliphatic carbocycles. The Balaban J connectivity index is 3.15. The van der Waals surface area contributed by atoms with E-state index in [4.69, 9.17) is 0 Å². The third kappa shape index (κ3) is 6.31. The monoisotopic (exact) mass is 178 g/mol. The first-order valence-electron chi connectivity index (χ1n) is 1.77. The number of hydrogen-bond donors (Lipinski definition) is 0. The molecule has 0 saturated heterocycles. The molecule has 4 heteroatoms. The van der Waals surface area contributed by atoms with E-state index >= 15 is 0 Å². The van der Waals surface area contributed by atoms with Crippen LogP contribution < -0.4 is 0 Å². The molecule has 0 atom stereocenters. The minimum atomic E-state index is -3.89. The van der Waals surface area contributed by atoms with Crippen LogP contribution in [0.25, 0.3) is 0 Å². The van der Waals surface area contributed by atoms with Gasteiger partial charge in [-0.25, -0.2) is 0 Å². The second kappa shape index (κ2) is 2.58. The van der Waals surface area contributed by atoms with Gasteiger partial charge >= 0.3 is 45.4 Å². The molecule has 0 nitrogen and oxygen atoms in total. The van der Waals surface area contributed by atoms with E-state index in [1.807, 2.05) is 0 Å². The van der Waals surface area contributed by atoms with Gasteiger partial charge in [-0.1, -0.05) is 0 Å². The van der Waals surface area contributed by atoms with E-state index in [9.17, 15) is 13.2 Å². The first-order valence-corrected chi connectivity index (χ1v) is 3.83. The number of halogens is 3. The average molecular weight is 177 g/mol. The summed E-state index contributed by atoms with van der Waals surface area (Å²) in [5.41, 5.74) is 0. The number of hydrogen-bond acceptors (Lipinski definition) is 0. The Morgan fingerprint density at radius 1 is 1.43 bits per heavy atom. The average Bonchev–Trinajstić information content (AvgIpc) is 1.30. The Morgan fingerprint density at radius 2 is 1.86 bits per heavy atom. The molecular weight excluding hydrogens is 172 g/mol. The first kappa shape index (κ1) is 7.31. The van der Waals surface area contributed by atoms with Crippen LogP contribution in [-0.4, -0.2) is 20.0 Å². The zero-order chi connectivity index (χ0) is 5.91. The van der Waals surface area contributed by atoms with Gasteiger partial charge in [0.1, 0.15) is 0 Å². The van der Waals surface area contributed by atoms with Crippen LogP contribution in [0.4, 0.5) is 13.2 Å². The summed E-state index contributed by atoms with van der Waals surface area (Å²) in [4.78, 5) is 0. The van der Waals surface area contributed by atoms with Crippen molar-refractivity contribution in [3.63, 3.8) is 0 Å². The molecule has 0 N–H and O–H groups in total. The van der Waals surface area contributed by atoms with Crippen LogP contribution in [-0.2, 0) is 0 Å². The molecular formula is C3H5F3Se. The summed E-state index contributed by atoms with van der Waals surface area (Å²) in [6, 6.07) is 0. The van der Waals surface area contributed by atoms with Gasteiger partial charge in [-0.2, -0.15) is 0 Å². The molecule has 0 bridgehead atoms. The predicted octanol–water partition coefficient (Wildman–Crippen LogP) is 1.65. The van der Waals surface area contributed by atoms with E-state index in [1.165, 1.54) is 6.92 Å². The molecule has 0 amide bonds. The van der Waals surface area contributed by atoms with Crippen LogP contribution in [0.5, 0.6) is 0 Å². The first-order chi connectivity index (χ1) is 3.06. The number of alkyl halides is 3. The molecule has 0 fully saturated rings. The van der Waals surface area contributed by atoms with Crippen LogP contribution in [0.15, 0.2) is 0 Å². The van der Waals surface area contributed by atoms with Crippen molar-refractivity contribution in [2.45, 2.75) is 17.3 Å². The molecule has 0 aliphatic heterocycles. The summed E-state index contributed by atoms with van der Waals surface area (Å²) in [6.07, 6.45) is 0. The fourth-order valence-electron chi connectivity index (χ4n) is 0.164. The second-order valence-corrected chi connectivity index (χ2v) is 3.67. The van der Waals surface area contributed by atoms with Crippen molar-refractivity contribution >= 4 is 15.0 Å². The zero-order valence-corrected chi connectivity index (χ0v) is 5.46. The van der Waals surface area contributed by atoms with E-state index in [-0.39, 0.29) is 5.32 Å². The van der Waals surface area contributed by atoms with E-state index in [0.29, 0.717) is 0 Å². The van der Waals surface area contributed by atoms with Crippen molar-refractivity contribution in [3.8, 4) is 0 Å². The summed E-state index contributed by atoms with van der Waals surface area (Å²) in [5, 5.41) is -3.64. The van der Waals surface area contributed by atoms with E-state index in [0.717, 1.165) is 0 Å². The van der Waals surface area contributed by atoms with E-state index in [2.05, 4.69) is 0 Å². The molecule has 0 spiro atoms. The molecule has 0 heterocycles. The fraction of sp³-hybridized carbons (Fsp3) is 1.00. The van der Waals surface area contributed by atoms with Gasteiger partial charge in [-0.3, -0.25) is 0 Å². The molecule has 7 heavy (non-hydrogen) atoms. The zero-order valence-electron chi connectivity index (χ0n) is 3.75. The number of rotatable bonds is 1. The van der Waals surface area contributed by atoms with Crippen molar-refractivity contribution in [1.29, 1.82) is 0 Å². The Bertz CT molecular complexity index is 48.6. The molecule has 0 rings (SSSR count). The van der Waals surface area contributed by atoms with Gasteiger partial charge in [-0.05, 0) is 0 Å². The summed E-state index contributed by atoms with van der Waals surface area (Å²) in [7, 11) is 0. The van der Waals surface area contributed by atoms with Gasteiger partial charge in [0.25, 0.3) is 0 Å². The Morgan fingerprint density at radius 3 is 1.86 bits per heavy atom. The van der Waals surface area contributed by atoms with Crippen LogP contribution in [0, 0.1) is 0 Å². The molecule has 0 radical (unpaired) electrons. The van der Waals surface area contributed by atoms with Gasteiger partial charge in [0, 0.05) is 0 Å². The summed E-state index contributed by atoms with van der Waals surface area (Å²) >= 11 is -1.15. The maximum absolute atomic E-state index is 11.1. The normalized spacial score (nSPS) is 12.0. The summed E-state index contributed by atoms with van der Waals surface area (Å²) < 4.78 is 33.3. The molecule has 44 valence electrons. The standard InChI is InChI=1S/C3H5F3Se/c1-2-7-3(4,5)6/h2H2,1H3. The molecule has 0 aliphatic rings. The van der Waals surface area contributed by atoms with Gasteiger partial charge < -0.3 is 0 Å². The Hall–Kier alpha value is 0.309. The SMILES string of the molecule is CC[Se]C(F)(F)F. The van der Waals surface area contributed by atoms with Crippen molar-refractivity contribution in [2.75, 3.05) is 0 Å². The second-order valence-electron chi connectivity index (χ2n) is 0.879. The molecule has 0 aromatic carbocycles. The van der Waals surface area contributed by atoms with Crippen molar-refractivity contribution in [2.24, 2.45) is 0 Å². The van der Waals surface area contributed by atoms with Crippen molar-refractivity contribution in [3.05, 3.63) is 0 Å². The predicted molar refractivity (Wildman–Crippen MR) is 22.3 cm³/mol. The van der Waals surface area contributed by atoms with Crippen molar-refractivity contribution < 1.29 is 13.2 Å². The topological polar surface area (TPSA) is 0 Å². The van der Waals surface area contributed by atoms with Crippen LogP contribution in [0.2, 0.25) is 5.32 Å². The van der Waals surface area contributed by atoms with Gasteiger partial charge in [0.05, 0.1) is 0 Å². The summed E-state index contributed by atoms with van der Waals surface area (Å²) in [6.45, 7) is 1.54. The quantitative estimate of drug-likeness (QED) is 0.534. The molecule has 0 unspecified atom stereocenters. The molecule has 0 aromatic heterocycles. The van der Waals surface area contributed by atoms with Crippen LogP contribution >= 0.6 is 0 Å². The van der Waals surface area contributed by atoms with Crippen LogP contribution in [0.1, 0.15) is 6.92 Å². The van der Waals surface area contributed by atoms with Gasteiger partial charge in [0.15, 0.2) is 0 Å². The Kier molecular flexibility index (Phi) is 2.69. The van der Waals surface area contributed by atoms with Crippen molar-refractivity contribution in [1.82, 2.24) is 0 Å². The maximum atomic E-state index is 11.1. The third-order valence-corrected chi connectivity index (χ3v) is 1.60. The van der Waals surface area contributed by atoms with Gasteiger partial charge in [-0.15, -0.1) is 0 Å². The van der Waals surface area contributed by atoms with E-state index < -0.39 is 20.0 Å². The molecule has 0 aromatic rings. The summed E-state index contributed by atoms with van der Waals surface area (Å²) in [5.74, 6) is 0. The Labute approximate surface area is 46.2 Å².